The summed E-state index contributed by atoms with van der Waals surface area (Å²) in [4.78, 5) is 19.1. The molecule has 7 heteroatoms. The van der Waals surface area contributed by atoms with Gasteiger partial charge in [-0.3, -0.25) is 9.69 Å². The van der Waals surface area contributed by atoms with Crippen molar-refractivity contribution in [3.8, 4) is 0 Å². The topological polar surface area (TPSA) is 72.3 Å². The summed E-state index contributed by atoms with van der Waals surface area (Å²) in [6, 6.07) is 2.38. The molecule has 130 valence electrons. The van der Waals surface area contributed by atoms with Gasteiger partial charge in [0.1, 0.15) is 0 Å². The Morgan fingerprint density at radius 2 is 2.04 bits per heavy atom. The molecule has 3 rings (SSSR count). The molecular formula is C17H25N5O2. The van der Waals surface area contributed by atoms with Crippen LogP contribution in [0.3, 0.4) is 0 Å². The average Bonchev–Trinajstić information content (AvgIpc) is 3.03. The highest BCUT2D eigenvalue weighted by Gasteiger charge is 2.18. The minimum absolute atomic E-state index is 0.0955. The Labute approximate surface area is 142 Å². The van der Waals surface area contributed by atoms with Crippen LogP contribution in [0.2, 0.25) is 0 Å². The van der Waals surface area contributed by atoms with Crippen molar-refractivity contribution in [2.24, 2.45) is 0 Å². The molecule has 0 bridgehead atoms. The number of nitrogens with zero attached hydrogens (tertiary/aromatic N) is 4. The Morgan fingerprint density at radius 1 is 1.29 bits per heavy atom. The van der Waals surface area contributed by atoms with Gasteiger partial charge in [-0.1, -0.05) is 0 Å². The predicted molar refractivity (Wildman–Crippen MR) is 92.1 cm³/mol. The fraction of sp³-hybridized carbons (Fsp3) is 0.588. The van der Waals surface area contributed by atoms with Gasteiger partial charge in [0.25, 0.3) is 5.91 Å². The molecule has 1 N–H and O–H groups in total. The van der Waals surface area contributed by atoms with E-state index in [4.69, 9.17) is 4.74 Å². The zero-order valence-corrected chi connectivity index (χ0v) is 14.5. The molecule has 2 aromatic heterocycles. The van der Waals surface area contributed by atoms with Gasteiger partial charge in [-0.25, -0.2) is 9.67 Å². The number of ether oxygens (including phenoxy) is 1. The minimum atomic E-state index is -0.0955. The molecule has 7 nitrogen and oxygen atoms in total. The van der Waals surface area contributed by atoms with E-state index in [9.17, 15) is 4.79 Å². The van der Waals surface area contributed by atoms with Crippen molar-refractivity contribution < 1.29 is 9.53 Å². The van der Waals surface area contributed by atoms with E-state index in [2.05, 4.69) is 41.1 Å². The third kappa shape index (κ3) is 3.57. The summed E-state index contributed by atoms with van der Waals surface area (Å²) in [5.41, 5.74) is 1.38. The van der Waals surface area contributed by atoms with Crippen LogP contribution in [0.4, 0.5) is 0 Å². The summed E-state index contributed by atoms with van der Waals surface area (Å²) in [7, 11) is 0. The molecule has 0 aliphatic carbocycles. The van der Waals surface area contributed by atoms with E-state index in [-0.39, 0.29) is 11.9 Å². The Balaban J connectivity index is 1.63. The van der Waals surface area contributed by atoms with E-state index in [1.165, 1.54) is 0 Å². The second kappa shape index (κ2) is 7.27. The molecule has 24 heavy (non-hydrogen) atoms. The molecule has 1 amide bonds. The lowest BCUT2D eigenvalue weighted by molar-refractivity contribution is 0.0204. The van der Waals surface area contributed by atoms with Crippen LogP contribution in [-0.2, 0) is 4.74 Å². The molecule has 1 aliphatic rings. The van der Waals surface area contributed by atoms with E-state index in [1.54, 1.807) is 12.4 Å². The van der Waals surface area contributed by atoms with E-state index in [0.717, 1.165) is 37.3 Å². The number of carbonyl (C=O) groups excluding carboxylic acids is 1. The maximum absolute atomic E-state index is 12.4. The largest absolute Gasteiger partial charge is 0.379 e. The Bertz CT molecular complexity index is 706. The molecule has 0 spiro atoms. The summed E-state index contributed by atoms with van der Waals surface area (Å²) >= 11 is 0. The molecular weight excluding hydrogens is 306 g/mol. The van der Waals surface area contributed by atoms with Crippen LogP contribution in [0.1, 0.15) is 37.2 Å². The smallest absolute Gasteiger partial charge is 0.252 e. The quantitative estimate of drug-likeness (QED) is 0.898. The molecule has 0 saturated carbocycles. The number of hydrogen-bond acceptors (Lipinski definition) is 5. The number of morpholine rings is 1. The second-order valence-electron chi connectivity index (χ2n) is 6.53. The van der Waals surface area contributed by atoms with Crippen LogP contribution < -0.4 is 5.32 Å². The number of aromatic nitrogens is 3. The standard InChI is InChI=1S/C17H25N5O2/c1-12(2)22-16-14(11-20-22)8-15(10-18-16)17(23)19-9-13(3)21-4-6-24-7-5-21/h8,10-13H,4-7,9H2,1-3H3,(H,19,23). The lowest BCUT2D eigenvalue weighted by atomic mass is 10.2. The predicted octanol–water partition coefficient (Wildman–Crippen LogP) is 1.46. The maximum Gasteiger partial charge on any atom is 0.252 e. The van der Waals surface area contributed by atoms with Gasteiger partial charge >= 0.3 is 0 Å². The van der Waals surface area contributed by atoms with Gasteiger partial charge in [0.05, 0.1) is 25.0 Å². The summed E-state index contributed by atoms with van der Waals surface area (Å²) in [5, 5.41) is 8.22. The zero-order valence-electron chi connectivity index (χ0n) is 14.5. The number of fused-ring (bicyclic) bond motifs is 1. The van der Waals surface area contributed by atoms with Crippen LogP contribution in [0, 0.1) is 0 Å². The first-order valence-electron chi connectivity index (χ1n) is 8.49. The Hall–Kier alpha value is -1.99. The minimum Gasteiger partial charge on any atom is -0.379 e. The van der Waals surface area contributed by atoms with Gasteiger partial charge < -0.3 is 10.1 Å². The van der Waals surface area contributed by atoms with Gasteiger partial charge in [-0.15, -0.1) is 0 Å². The number of pyridine rings is 1. The van der Waals surface area contributed by atoms with E-state index < -0.39 is 0 Å². The fourth-order valence-corrected chi connectivity index (χ4v) is 2.93. The summed E-state index contributed by atoms with van der Waals surface area (Å²) < 4.78 is 7.22. The third-order valence-electron chi connectivity index (χ3n) is 4.41. The molecule has 1 unspecified atom stereocenters. The Kier molecular flexibility index (Phi) is 5.11. The SMILES string of the molecule is CC(CNC(=O)c1cnc2c(cnn2C(C)C)c1)N1CCOCC1. The lowest BCUT2D eigenvalue weighted by Crippen LogP contribution is -2.47. The van der Waals surface area contributed by atoms with Crippen LogP contribution in [-0.4, -0.2) is 64.5 Å². The van der Waals surface area contributed by atoms with E-state index in [1.807, 2.05) is 10.7 Å². The highest BCUT2D eigenvalue weighted by atomic mass is 16.5. The monoisotopic (exact) mass is 331 g/mol. The van der Waals surface area contributed by atoms with Crippen molar-refractivity contribution in [2.75, 3.05) is 32.8 Å². The lowest BCUT2D eigenvalue weighted by Gasteiger charge is -2.32. The first-order valence-corrected chi connectivity index (χ1v) is 8.49. The third-order valence-corrected chi connectivity index (χ3v) is 4.41. The molecule has 1 fully saturated rings. The molecule has 3 heterocycles. The van der Waals surface area contributed by atoms with Crippen molar-refractivity contribution in [1.82, 2.24) is 25.0 Å². The zero-order chi connectivity index (χ0) is 17.1. The van der Waals surface area contributed by atoms with Crippen molar-refractivity contribution in [3.05, 3.63) is 24.0 Å². The van der Waals surface area contributed by atoms with Crippen molar-refractivity contribution in [2.45, 2.75) is 32.9 Å². The van der Waals surface area contributed by atoms with Gasteiger partial charge in [-0.05, 0) is 26.8 Å². The van der Waals surface area contributed by atoms with Gasteiger partial charge in [-0.2, -0.15) is 5.10 Å². The van der Waals surface area contributed by atoms with Gasteiger partial charge in [0, 0.05) is 43.3 Å². The first kappa shape index (κ1) is 16.9. The fourth-order valence-electron chi connectivity index (χ4n) is 2.93. The molecule has 1 aliphatic heterocycles. The van der Waals surface area contributed by atoms with Gasteiger partial charge in [0.15, 0.2) is 5.65 Å². The average molecular weight is 331 g/mol. The highest BCUT2D eigenvalue weighted by Crippen LogP contribution is 2.16. The van der Waals surface area contributed by atoms with E-state index in [0.29, 0.717) is 18.2 Å². The van der Waals surface area contributed by atoms with E-state index >= 15 is 0 Å². The maximum atomic E-state index is 12.4. The molecule has 1 atom stereocenters. The number of carbonyl (C=O) groups is 1. The van der Waals surface area contributed by atoms with Crippen LogP contribution in [0.15, 0.2) is 18.5 Å². The van der Waals surface area contributed by atoms with Crippen LogP contribution in [0.5, 0.6) is 0 Å². The number of hydrogen-bond donors (Lipinski definition) is 1. The van der Waals surface area contributed by atoms with Crippen LogP contribution in [0.25, 0.3) is 11.0 Å². The number of nitrogens with one attached hydrogen (secondary N) is 1. The number of rotatable bonds is 5. The normalized spacial score (nSPS) is 17.3. The molecule has 2 aromatic rings. The van der Waals surface area contributed by atoms with Crippen molar-refractivity contribution in [1.29, 1.82) is 0 Å². The van der Waals surface area contributed by atoms with Crippen LogP contribution >= 0.6 is 0 Å². The summed E-state index contributed by atoms with van der Waals surface area (Å²) in [6.07, 6.45) is 3.38. The Morgan fingerprint density at radius 3 is 2.75 bits per heavy atom. The van der Waals surface area contributed by atoms with Gasteiger partial charge in [0.2, 0.25) is 0 Å². The first-order chi connectivity index (χ1) is 11.6. The van der Waals surface area contributed by atoms with Crippen molar-refractivity contribution in [3.63, 3.8) is 0 Å². The molecule has 1 saturated heterocycles. The van der Waals surface area contributed by atoms with Crippen molar-refractivity contribution >= 4 is 16.9 Å². The summed E-state index contributed by atoms with van der Waals surface area (Å²) in [5.74, 6) is -0.0955. The molecule has 0 aromatic carbocycles. The highest BCUT2D eigenvalue weighted by molar-refractivity contribution is 5.96. The number of amides is 1. The molecule has 0 radical (unpaired) electrons. The second-order valence-corrected chi connectivity index (χ2v) is 6.53. The summed E-state index contributed by atoms with van der Waals surface area (Å²) in [6.45, 7) is 10.2.